The molecule has 2 amide bonds. The molecule has 1 aliphatic heterocycles. The highest BCUT2D eigenvalue weighted by molar-refractivity contribution is 6.42. The van der Waals surface area contributed by atoms with E-state index in [9.17, 15) is 4.79 Å². The maximum Gasteiger partial charge on any atom is 0.317 e. The Hall–Kier alpha value is -1.24. The Bertz CT molecular complexity index is 656. The predicted molar refractivity (Wildman–Crippen MR) is 115 cm³/mol. The minimum Gasteiger partial charge on any atom is -0.368 e. The van der Waals surface area contributed by atoms with Gasteiger partial charge in [0.25, 0.3) is 0 Å². The summed E-state index contributed by atoms with van der Waals surface area (Å²) >= 11 is 12.4. The molecule has 156 valence electrons. The summed E-state index contributed by atoms with van der Waals surface area (Å²) in [6.07, 6.45) is 7.58. The van der Waals surface area contributed by atoms with Crippen molar-refractivity contribution in [1.82, 2.24) is 20.1 Å². The van der Waals surface area contributed by atoms with Crippen LogP contribution in [0.4, 0.5) is 10.5 Å². The van der Waals surface area contributed by atoms with E-state index in [1.165, 1.54) is 19.3 Å². The molecule has 1 aliphatic carbocycles. The van der Waals surface area contributed by atoms with Crippen molar-refractivity contribution < 1.29 is 4.79 Å². The Morgan fingerprint density at radius 2 is 1.86 bits per heavy atom. The average molecular weight is 428 g/mol. The van der Waals surface area contributed by atoms with E-state index in [4.69, 9.17) is 23.2 Å². The van der Waals surface area contributed by atoms with E-state index in [0.717, 1.165) is 57.2 Å². The van der Waals surface area contributed by atoms with Gasteiger partial charge in [-0.05, 0) is 50.6 Å². The number of anilines is 1. The van der Waals surface area contributed by atoms with Crippen molar-refractivity contribution in [3.05, 3.63) is 22.4 Å². The Morgan fingerprint density at radius 1 is 1.18 bits per heavy atom. The van der Waals surface area contributed by atoms with Gasteiger partial charge >= 0.3 is 6.03 Å². The summed E-state index contributed by atoms with van der Waals surface area (Å²) in [5, 5.41) is 4.05. The van der Waals surface area contributed by atoms with Gasteiger partial charge in [-0.1, -0.05) is 23.2 Å². The molecule has 1 N–H and O–H groups in total. The highest BCUT2D eigenvalue weighted by atomic mass is 35.5. The number of carbonyl (C=O) groups excluding carboxylic acids is 1. The van der Waals surface area contributed by atoms with Crippen LogP contribution >= 0.6 is 23.2 Å². The van der Waals surface area contributed by atoms with E-state index in [1.54, 1.807) is 25.2 Å². The number of hydrogen-bond donors (Lipinski definition) is 1. The fourth-order valence-electron chi connectivity index (χ4n) is 4.13. The molecule has 0 atom stereocenters. The quantitative estimate of drug-likeness (QED) is 0.727. The van der Waals surface area contributed by atoms with E-state index in [-0.39, 0.29) is 6.03 Å². The summed E-state index contributed by atoms with van der Waals surface area (Å²) < 4.78 is 0. The molecule has 2 fully saturated rings. The Morgan fingerprint density at radius 3 is 2.50 bits per heavy atom. The average Bonchev–Trinajstić information content (AvgIpc) is 2.70. The number of amides is 2. The number of nitrogens with zero attached hydrogens (tertiary/aromatic N) is 4. The van der Waals surface area contributed by atoms with Crippen LogP contribution in [0.15, 0.2) is 12.3 Å². The second kappa shape index (κ2) is 9.99. The summed E-state index contributed by atoms with van der Waals surface area (Å²) in [6, 6.07) is 2.31. The standard InChI is InChI=1S/C20H31Cl2N5O/c1-25(2)20(28)24-16-5-3-15(4-6-16)8-10-26-11-13-27(14-12-26)17-7-9-23-19(22)18(17)21/h7,9,15-16H,3-6,8,10-14H2,1-2H3,(H,24,28)/t15-,16-. The van der Waals surface area contributed by atoms with Gasteiger partial charge in [0.15, 0.2) is 0 Å². The molecule has 2 heterocycles. The SMILES string of the molecule is CN(C)C(=O)N[C@H]1CC[C@H](CCN2CCN(c3ccnc(Cl)c3Cl)CC2)CC1. The first kappa shape index (κ1) is 21.5. The lowest BCUT2D eigenvalue weighted by molar-refractivity contribution is 0.194. The van der Waals surface area contributed by atoms with Crippen molar-refractivity contribution in [2.45, 2.75) is 38.1 Å². The van der Waals surface area contributed by atoms with Crippen molar-refractivity contribution >= 4 is 34.9 Å². The van der Waals surface area contributed by atoms with Crippen molar-refractivity contribution in [3.8, 4) is 0 Å². The monoisotopic (exact) mass is 427 g/mol. The molecule has 8 heteroatoms. The first-order chi connectivity index (χ1) is 13.4. The number of hydrogen-bond acceptors (Lipinski definition) is 4. The summed E-state index contributed by atoms with van der Waals surface area (Å²) in [4.78, 5) is 22.3. The molecule has 0 aromatic carbocycles. The lowest BCUT2D eigenvalue weighted by Gasteiger charge is -2.37. The highest BCUT2D eigenvalue weighted by Gasteiger charge is 2.25. The number of nitrogens with one attached hydrogen (secondary N) is 1. The summed E-state index contributed by atoms with van der Waals surface area (Å²) in [5.41, 5.74) is 0.986. The van der Waals surface area contributed by atoms with E-state index >= 15 is 0 Å². The lowest BCUT2D eigenvalue weighted by atomic mass is 9.84. The summed E-state index contributed by atoms with van der Waals surface area (Å²) in [7, 11) is 3.58. The molecule has 1 aromatic rings. The van der Waals surface area contributed by atoms with Gasteiger partial charge in [0, 0.05) is 52.5 Å². The molecular weight excluding hydrogens is 397 g/mol. The van der Waals surface area contributed by atoms with Gasteiger partial charge in [0.1, 0.15) is 10.2 Å². The third kappa shape index (κ3) is 5.65. The fourth-order valence-corrected chi connectivity index (χ4v) is 4.51. The molecule has 0 spiro atoms. The normalized spacial score (nSPS) is 23.5. The van der Waals surface area contributed by atoms with E-state index in [2.05, 4.69) is 20.1 Å². The number of halogens is 2. The largest absolute Gasteiger partial charge is 0.368 e. The van der Waals surface area contributed by atoms with Crippen LogP contribution in [-0.4, -0.2) is 73.7 Å². The van der Waals surface area contributed by atoms with Gasteiger partial charge in [-0.3, -0.25) is 4.90 Å². The van der Waals surface area contributed by atoms with Crippen LogP contribution in [0.3, 0.4) is 0 Å². The predicted octanol–water partition coefficient (Wildman–Crippen LogP) is 3.73. The first-order valence-electron chi connectivity index (χ1n) is 10.2. The maximum absolute atomic E-state index is 11.8. The third-order valence-electron chi connectivity index (χ3n) is 5.97. The molecule has 28 heavy (non-hydrogen) atoms. The lowest BCUT2D eigenvalue weighted by Crippen LogP contribution is -2.47. The van der Waals surface area contributed by atoms with Crippen molar-refractivity contribution in [1.29, 1.82) is 0 Å². The van der Waals surface area contributed by atoms with Crippen LogP contribution in [0.2, 0.25) is 10.2 Å². The first-order valence-corrected chi connectivity index (χ1v) is 10.9. The highest BCUT2D eigenvalue weighted by Crippen LogP contribution is 2.31. The molecule has 6 nitrogen and oxygen atoms in total. The number of carbonyl (C=O) groups is 1. The molecule has 3 rings (SSSR count). The molecule has 0 unspecified atom stereocenters. The molecule has 2 aliphatic rings. The Labute approximate surface area is 178 Å². The Kier molecular flexibility index (Phi) is 7.66. The zero-order valence-corrected chi connectivity index (χ0v) is 18.3. The molecule has 1 aromatic heterocycles. The van der Waals surface area contributed by atoms with Crippen LogP contribution in [0.5, 0.6) is 0 Å². The topological polar surface area (TPSA) is 51.7 Å². The molecule has 0 bridgehead atoms. The summed E-state index contributed by atoms with van der Waals surface area (Å²) in [5.74, 6) is 0.777. The molecular formula is C20H31Cl2N5O. The zero-order chi connectivity index (χ0) is 20.1. The Balaban J connectivity index is 1.36. The number of pyridine rings is 1. The third-order valence-corrected chi connectivity index (χ3v) is 6.73. The van der Waals surface area contributed by atoms with Crippen LogP contribution in [-0.2, 0) is 0 Å². The number of urea groups is 1. The van der Waals surface area contributed by atoms with Gasteiger partial charge in [0.05, 0.1) is 5.69 Å². The van der Waals surface area contributed by atoms with Crippen molar-refractivity contribution in [2.75, 3.05) is 51.7 Å². The minimum atomic E-state index is 0.0249. The van der Waals surface area contributed by atoms with E-state index in [1.807, 2.05) is 6.07 Å². The zero-order valence-electron chi connectivity index (χ0n) is 16.8. The van der Waals surface area contributed by atoms with Crippen LogP contribution in [0.25, 0.3) is 0 Å². The molecule has 1 saturated heterocycles. The van der Waals surface area contributed by atoms with Crippen molar-refractivity contribution in [3.63, 3.8) is 0 Å². The second-order valence-electron chi connectivity index (χ2n) is 8.11. The number of piperazine rings is 1. The van der Waals surface area contributed by atoms with Gasteiger partial charge in [0.2, 0.25) is 0 Å². The smallest absolute Gasteiger partial charge is 0.317 e. The van der Waals surface area contributed by atoms with E-state index < -0.39 is 0 Å². The van der Waals surface area contributed by atoms with Crippen LogP contribution in [0, 0.1) is 5.92 Å². The molecule has 1 saturated carbocycles. The fraction of sp³-hybridized carbons (Fsp3) is 0.700. The number of rotatable bonds is 5. The van der Waals surface area contributed by atoms with Crippen LogP contribution < -0.4 is 10.2 Å². The van der Waals surface area contributed by atoms with Crippen molar-refractivity contribution in [2.24, 2.45) is 5.92 Å². The number of aromatic nitrogens is 1. The van der Waals surface area contributed by atoms with Crippen LogP contribution in [0.1, 0.15) is 32.1 Å². The van der Waals surface area contributed by atoms with Gasteiger partial charge < -0.3 is 15.1 Å². The molecule has 0 radical (unpaired) electrons. The summed E-state index contributed by atoms with van der Waals surface area (Å²) in [6.45, 7) is 5.17. The van der Waals surface area contributed by atoms with E-state index in [0.29, 0.717) is 16.2 Å². The van der Waals surface area contributed by atoms with Gasteiger partial charge in [-0.15, -0.1) is 0 Å². The van der Waals surface area contributed by atoms with Gasteiger partial charge in [-0.2, -0.15) is 0 Å². The minimum absolute atomic E-state index is 0.0249. The maximum atomic E-state index is 11.8. The van der Waals surface area contributed by atoms with Gasteiger partial charge in [-0.25, -0.2) is 9.78 Å². The second-order valence-corrected chi connectivity index (χ2v) is 8.85.